The van der Waals surface area contributed by atoms with Crippen LogP contribution in [-0.4, -0.2) is 4.57 Å². The van der Waals surface area contributed by atoms with Crippen molar-refractivity contribution < 1.29 is 4.57 Å². The lowest BCUT2D eigenvalue weighted by Crippen LogP contribution is -2.32. The van der Waals surface area contributed by atoms with Crippen LogP contribution < -0.4 is 4.57 Å². The molecular weight excluding hydrogens is 360 g/mol. The van der Waals surface area contributed by atoms with E-state index in [0.717, 1.165) is 17.6 Å². The summed E-state index contributed by atoms with van der Waals surface area (Å²) in [5.74, 6) is 0. The van der Waals surface area contributed by atoms with Crippen LogP contribution in [-0.2, 0) is 13.1 Å². The van der Waals surface area contributed by atoms with Crippen molar-refractivity contribution in [3.63, 3.8) is 0 Å². The lowest BCUT2D eigenvalue weighted by atomic mass is 10.2. The van der Waals surface area contributed by atoms with Crippen molar-refractivity contribution >= 4 is 27.0 Å². The van der Waals surface area contributed by atoms with E-state index in [1.807, 2.05) is 0 Å². The molecule has 0 N–H and O–H groups in total. The van der Waals surface area contributed by atoms with Crippen LogP contribution in [0.4, 0.5) is 0 Å². The Labute approximate surface area is 150 Å². The molecule has 0 saturated heterocycles. The van der Waals surface area contributed by atoms with Crippen LogP contribution in [0.25, 0.3) is 11.0 Å². The highest BCUT2D eigenvalue weighted by Gasteiger charge is 2.15. The molecule has 1 heterocycles. The summed E-state index contributed by atoms with van der Waals surface area (Å²) in [6.07, 6.45) is 2.22. The standard InChI is InChI=1S/C21H18BrN2/c22-19-12-10-18(11-13-19)15-24-16-23(14-17-6-2-1-3-7-17)20-8-4-5-9-21(20)24/h1-13,16H,14-15H2/q+1. The van der Waals surface area contributed by atoms with Crippen LogP contribution in [0.1, 0.15) is 11.1 Å². The third kappa shape index (κ3) is 3.13. The minimum atomic E-state index is 0.871. The van der Waals surface area contributed by atoms with Gasteiger partial charge in [0.15, 0.2) is 11.0 Å². The van der Waals surface area contributed by atoms with Crippen LogP contribution in [0.3, 0.4) is 0 Å². The van der Waals surface area contributed by atoms with E-state index < -0.39 is 0 Å². The second-order valence-electron chi connectivity index (χ2n) is 5.97. The molecule has 0 spiro atoms. The molecule has 3 aromatic carbocycles. The zero-order valence-electron chi connectivity index (χ0n) is 13.3. The third-order valence-corrected chi connectivity index (χ3v) is 4.77. The van der Waals surface area contributed by atoms with E-state index in [0.29, 0.717) is 0 Å². The molecule has 0 bridgehead atoms. The maximum atomic E-state index is 3.50. The number of halogens is 1. The highest BCUT2D eigenvalue weighted by Crippen LogP contribution is 2.16. The molecule has 0 amide bonds. The van der Waals surface area contributed by atoms with E-state index in [1.54, 1.807) is 0 Å². The number of nitrogens with zero attached hydrogens (tertiary/aromatic N) is 2. The molecule has 1 aromatic heterocycles. The Morgan fingerprint density at radius 3 is 2.25 bits per heavy atom. The van der Waals surface area contributed by atoms with Gasteiger partial charge in [0.2, 0.25) is 6.33 Å². The van der Waals surface area contributed by atoms with E-state index in [-0.39, 0.29) is 0 Å². The summed E-state index contributed by atoms with van der Waals surface area (Å²) >= 11 is 3.50. The largest absolute Gasteiger partial charge is 0.245 e. The molecule has 0 radical (unpaired) electrons. The average molecular weight is 378 g/mol. The van der Waals surface area contributed by atoms with Gasteiger partial charge in [-0.3, -0.25) is 0 Å². The van der Waals surface area contributed by atoms with Gasteiger partial charge in [0.25, 0.3) is 0 Å². The Morgan fingerprint density at radius 2 is 1.46 bits per heavy atom. The van der Waals surface area contributed by atoms with Crippen molar-refractivity contribution in [1.29, 1.82) is 0 Å². The summed E-state index contributed by atoms with van der Waals surface area (Å²) < 4.78 is 5.76. The van der Waals surface area contributed by atoms with Crippen LogP contribution in [0.5, 0.6) is 0 Å². The fraction of sp³-hybridized carbons (Fsp3) is 0.0952. The van der Waals surface area contributed by atoms with Gasteiger partial charge in [-0.25, -0.2) is 9.13 Å². The van der Waals surface area contributed by atoms with E-state index in [9.17, 15) is 0 Å². The molecule has 4 rings (SSSR count). The van der Waals surface area contributed by atoms with Gasteiger partial charge in [-0.05, 0) is 35.4 Å². The predicted octanol–water partition coefficient (Wildman–Crippen LogP) is 4.79. The predicted molar refractivity (Wildman–Crippen MR) is 101 cm³/mol. The number of hydrogen-bond donors (Lipinski definition) is 0. The number of rotatable bonds is 4. The summed E-state index contributed by atoms with van der Waals surface area (Å²) in [6, 6.07) is 27.7. The van der Waals surface area contributed by atoms with Gasteiger partial charge < -0.3 is 0 Å². The van der Waals surface area contributed by atoms with Crippen molar-refractivity contribution in [3.05, 3.63) is 101 Å². The van der Waals surface area contributed by atoms with Crippen LogP contribution in [0.15, 0.2) is 89.7 Å². The van der Waals surface area contributed by atoms with Gasteiger partial charge in [-0.1, -0.05) is 70.5 Å². The average Bonchev–Trinajstić information content (AvgIpc) is 2.96. The Hall–Kier alpha value is -2.39. The highest BCUT2D eigenvalue weighted by molar-refractivity contribution is 9.10. The monoisotopic (exact) mass is 377 g/mol. The Balaban J connectivity index is 1.72. The number of imidazole rings is 1. The lowest BCUT2D eigenvalue weighted by Gasteiger charge is -1.99. The Kier molecular flexibility index (Phi) is 4.18. The molecule has 0 fully saturated rings. The highest BCUT2D eigenvalue weighted by atomic mass is 79.9. The molecule has 2 nitrogen and oxygen atoms in total. The van der Waals surface area contributed by atoms with E-state index >= 15 is 0 Å². The molecule has 3 heteroatoms. The van der Waals surface area contributed by atoms with Crippen molar-refractivity contribution in [2.24, 2.45) is 0 Å². The number of benzene rings is 3. The summed E-state index contributed by atoms with van der Waals surface area (Å²) in [5, 5.41) is 0. The SMILES string of the molecule is Brc1ccc(Cn2c[n+](Cc3ccccc3)c3ccccc32)cc1. The van der Waals surface area contributed by atoms with Crippen molar-refractivity contribution in [1.82, 2.24) is 4.57 Å². The van der Waals surface area contributed by atoms with Gasteiger partial charge >= 0.3 is 0 Å². The Morgan fingerprint density at radius 1 is 0.750 bits per heavy atom. The molecule has 0 aliphatic rings. The maximum Gasteiger partial charge on any atom is 0.245 e. The number of aromatic nitrogens is 2. The van der Waals surface area contributed by atoms with Gasteiger partial charge in [-0.2, -0.15) is 0 Å². The first kappa shape index (κ1) is 15.2. The molecule has 24 heavy (non-hydrogen) atoms. The van der Waals surface area contributed by atoms with Crippen LogP contribution in [0, 0.1) is 0 Å². The van der Waals surface area contributed by atoms with Crippen LogP contribution >= 0.6 is 15.9 Å². The quantitative estimate of drug-likeness (QED) is 0.452. The molecule has 0 atom stereocenters. The molecular formula is C21H18BrN2+. The Bertz CT molecular complexity index is 956. The second-order valence-corrected chi connectivity index (χ2v) is 6.89. The number of hydrogen-bond acceptors (Lipinski definition) is 0. The maximum absolute atomic E-state index is 3.50. The first-order valence-electron chi connectivity index (χ1n) is 8.05. The zero-order chi connectivity index (χ0) is 16.4. The minimum absolute atomic E-state index is 0.871. The van der Waals surface area contributed by atoms with Crippen molar-refractivity contribution in [2.75, 3.05) is 0 Å². The van der Waals surface area contributed by atoms with Gasteiger partial charge in [0, 0.05) is 4.47 Å². The fourth-order valence-electron chi connectivity index (χ4n) is 3.06. The van der Waals surface area contributed by atoms with Crippen LogP contribution in [0.2, 0.25) is 0 Å². The molecule has 0 saturated carbocycles. The summed E-state index contributed by atoms with van der Waals surface area (Å²) in [7, 11) is 0. The minimum Gasteiger partial charge on any atom is -0.226 e. The third-order valence-electron chi connectivity index (χ3n) is 4.24. The van der Waals surface area contributed by atoms with Gasteiger partial charge in [-0.15, -0.1) is 0 Å². The first-order valence-corrected chi connectivity index (χ1v) is 8.84. The first-order chi connectivity index (χ1) is 11.8. The summed E-state index contributed by atoms with van der Waals surface area (Å²) in [5.41, 5.74) is 5.13. The van der Waals surface area contributed by atoms with Gasteiger partial charge in [0.05, 0.1) is 0 Å². The molecule has 118 valence electrons. The zero-order valence-corrected chi connectivity index (χ0v) is 14.9. The van der Waals surface area contributed by atoms with Gasteiger partial charge in [0.1, 0.15) is 13.1 Å². The topological polar surface area (TPSA) is 8.81 Å². The molecule has 4 aromatic rings. The summed E-state index contributed by atoms with van der Waals surface area (Å²) in [4.78, 5) is 0. The van der Waals surface area contributed by atoms with E-state index in [2.05, 4.69) is 110 Å². The second kappa shape index (κ2) is 6.62. The molecule has 0 aliphatic heterocycles. The van der Waals surface area contributed by atoms with E-state index in [4.69, 9.17) is 0 Å². The normalized spacial score (nSPS) is 11.0. The number of para-hydroxylation sites is 2. The van der Waals surface area contributed by atoms with Crippen molar-refractivity contribution in [2.45, 2.75) is 13.1 Å². The molecule has 0 unspecified atom stereocenters. The smallest absolute Gasteiger partial charge is 0.226 e. The lowest BCUT2D eigenvalue weighted by molar-refractivity contribution is -0.663. The number of fused-ring (bicyclic) bond motifs is 1. The summed E-state index contributed by atoms with van der Waals surface area (Å²) in [6.45, 7) is 1.75. The van der Waals surface area contributed by atoms with E-state index in [1.165, 1.54) is 22.2 Å². The fourth-order valence-corrected chi connectivity index (χ4v) is 3.33. The molecule has 0 aliphatic carbocycles. The van der Waals surface area contributed by atoms with Crippen molar-refractivity contribution in [3.8, 4) is 0 Å².